The molecule has 0 aliphatic carbocycles. The van der Waals surface area contributed by atoms with Gasteiger partial charge < -0.3 is 10.2 Å². The molecule has 1 aromatic rings. The number of aromatic hydroxyl groups is 2. The lowest BCUT2D eigenvalue weighted by Gasteiger charge is -2.11. The molecule has 2 rings (SSSR count). The van der Waals surface area contributed by atoms with Crippen LogP contribution in [0.1, 0.15) is 5.56 Å². The molecule has 0 unspecified atom stereocenters. The van der Waals surface area contributed by atoms with Crippen molar-refractivity contribution in [3.63, 3.8) is 0 Å². The second-order valence-electron chi connectivity index (χ2n) is 3.11. The van der Waals surface area contributed by atoms with Crippen LogP contribution >= 0.6 is 23.5 Å². The zero-order valence-electron chi connectivity index (χ0n) is 8.54. The lowest BCUT2D eigenvalue weighted by Crippen LogP contribution is -2.09. The lowest BCUT2D eigenvalue weighted by molar-refractivity contribution is 0.459. The van der Waals surface area contributed by atoms with Gasteiger partial charge in [0, 0.05) is 11.3 Å². The highest BCUT2D eigenvalue weighted by Gasteiger charge is 2.15. The SMILES string of the molecule is CSC1=NN=C(c2cc(O)ccc2O)CS1. The van der Waals surface area contributed by atoms with Crippen LogP contribution in [0.25, 0.3) is 0 Å². The van der Waals surface area contributed by atoms with Crippen molar-refractivity contribution in [2.75, 3.05) is 12.0 Å². The number of thioether (sulfide) groups is 2. The van der Waals surface area contributed by atoms with Gasteiger partial charge in [0.05, 0.1) is 5.71 Å². The number of phenols is 2. The summed E-state index contributed by atoms with van der Waals surface area (Å²) in [6.07, 6.45) is 1.94. The van der Waals surface area contributed by atoms with Gasteiger partial charge >= 0.3 is 0 Å². The summed E-state index contributed by atoms with van der Waals surface area (Å²) in [5.41, 5.74) is 1.22. The van der Waals surface area contributed by atoms with Gasteiger partial charge in [-0.1, -0.05) is 11.8 Å². The van der Waals surface area contributed by atoms with Gasteiger partial charge in [-0.05, 0) is 24.5 Å². The Hall–Kier alpha value is -1.14. The molecule has 0 saturated carbocycles. The zero-order chi connectivity index (χ0) is 11.5. The maximum Gasteiger partial charge on any atom is 0.152 e. The highest BCUT2D eigenvalue weighted by molar-refractivity contribution is 8.38. The molecule has 4 nitrogen and oxygen atoms in total. The first-order chi connectivity index (χ1) is 7.70. The van der Waals surface area contributed by atoms with Crippen LogP contribution in [0.3, 0.4) is 0 Å². The molecule has 2 N–H and O–H groups in total. The highest BCUT2D eigenvalue weighted by Crippen LogP contribution is 2.27. The summed E-state index contributed by atoms with van der Waals surface area (Å²) in [4.78, 5) is 0. The molecule has 0 saturated heterocycles. The molecule has 16 heavy (non-hydrogen) atoms. The van der Waals surface area contributed by atoms with E-state index in [-0.39, 0.29) is 11.5 Å². The van der Waals surface area contributed by atoms with Crippen molar-refractivity contribution in [1.29, 1.82) is 0 Å². The van der Waals surface area contributed by atoms with Crippen LogP contribution in [0.2, 0.25) is 0 Å². The molecule has 0 radical (unpaired) electrons. The van der Waals surface area contributed by atoms with Gasteiger partial charge in [-0.3, -0.25) is 0 Å². The van der Waals surface area contributed by atoms with Crippen LogP contribution in [0.15, 0.2) is 28.4 Å². The van der Waals surface area contributed by atoms with Crippen LogP contribution in [0.4, 0.5) is 0 Å². The molecule has 0 atom stereocenters. The summed E-state index contributed by atoms with van der Waals surface area (Å²) >= 11 is 3.11. The molecule has 6 heteroatoms. The Bertz CT molecular complexity index is 472. The highest BCUT2D eigenvalue weighted by atomic mass is 32.2. The predicted molar refractivity (Wildman–Crippen MR) is 69.7 cm³/mol. The van der Waals surface area contributed by atoms with Crippen molar-refractivity contribution < 1.29 is 10.2 Å². The van der Waals surface area contributed by atoms with E-state index in [1.807, 2.05) is 6.26 Å². The maximum atomic E-state index is 9.66. The van der Waals surface area contributed by atoms with E-state index in [9.17, 15) is 10.2 Å². The summed E-state index contributed by atoms with van der Waals surface area (Å²) in [6.45, 7) is 0. The summed E-state index contributed by atoms with van der Waals surface area (Å²) in [7, 11) is 0. The van der Waals surface area contributed by atoms with Crippen LogP contribution in [-0.2, 0) is 0 Å². The summed E-state index contributed by atoms with van der Waals surface area (Å²) < 4.78 is 0.906. The van der Waals surface area contributed by atoms with Crippen molar-refractivity contribution in [3.05, 3.63) is 23.8 Å². The van der Waals surface area contributed by atoms with E-state index in [1.54, 1.807) is 23.5 Å². The fraction of sp³-hybridized carbons (Fsp3) is 0.200. The predicted octanol–water partition coefficient (Wildman–Crippen LogP) is 2.27. The summed E-state index contributed by atoms with van der Waals surface area (Å²) in [6, 6.07) is 4.38. The summed E-state index contributed by atoms with van der Waals surface area (Å²) in [5.74, 6) is 0.872. The average Bonchev–Trinajstić information content (AvgIpc) is 2.32. The van der Waals surface area contributed by atoms with Crippen molar-refractivity contribution in [1.82, 2.24) is 0 Å². The molecular formula is C10H10N2O2S2. The minimum absolute atomic E-state index is 0.111. The van der Waals surface area contributed by atoms with E-state index in [4.69, 9.17) is 0 Å². The Balaban J connectivity index is 2.35. The topological polar surface area (TPSA) is 65.2 Å². The van der Waals surface area contributed by atoms with E-state index in [1.165, 1.54) is 18.2 Å². The van der Waals surface area contributed by atoms with Gasteiger partial charge in [-0.25, -0.2) is 0 Å². The number of rotatable bonds is 1. The molecule has 1 aliphatic heterocycles. The van der Waals surface area contributed by atoms with Gasteiger partial charge in [0.1, 0.15) is 11.5 Å². The molecule has 0 fully saturated rings. The Labute approximate surface area is 101 Å². The van der Waals surface area contributed by atoms with Crippen molar-refractivity contribution in [2.24, 2.45) is 10.2 Å². The molecule has 0 spiro atoms. The normalized spacial score (nSPS) is 15.6. The molecular weight excluding hydrogens is 244 g/mol. The first-order valence-electron chi connectivity index (χ1n) is 4.54. The van der Waals surface area contributed by atoms with Crippen molar-refractivity contribution >= 4 is 33.6 Å². The van der Waals surface area contributed by atoms with Crippen molar-refractivity contribution in [2.45, 2.75) is 0 Å². The van der Waals surface area contributed by atoms with Gasteiger partial charge in [0.25, 0.3) is 0 Å². The minimum Gasteiger partial charge on any atom is -0.508 e. The molecule has 1 heterocycles. The smallest absolute Gasteiger partial charge is 0.152 e. The Morgan fingerprint density at radius 1 is 1.31 bits per heavy atom. The first-order valence-corrected chi connectivity index (χ1v) is 6.75. The quantitative estimate of drug-likeness (QED) is 0.754. The van der Waals surface area contributed by atoms with E-state index < -0.39 is 0 Å². The summed E-state index contributed by atoms with van der Waals surface area (Å²) in [5, 5.41) is 27.1. The molecule has 1 aliphatic rings. The molecule has 1 aromatic carbocycles. The fourth-order valence-electron chi connectivity index (χ4n) is 1.28. The minimum atomic E-state index is 0.111. The molecule has 0 aromatic heterocycles. The Morgan fingerprint density at radius 3 is 2.75 bits per heavy atom. The number of phenolic OH excluding ortho intramolecular Hbond substituents is 2. The molecule has 84 valence electrons. The van der Waals surface area contributed by atoms with E-state index >= 15 is 0 Å². The van der Waals surface area contributed by atoms with Crippen LogP contribution in [0.5, 0.6) is 11.5 Å². The second kappa shape index (κ2) is 4.80. The first kappa shape index (κ1) is 11.3. The Kier molecular flexibility index (Phi) is 3.40. The van der Waals surface area contributed by atoms with Gasteiger partial charge in [0.15, 0.2) is 4.38 Å². The third-order valence-electron chi connectivity index (χ3n) is 2.05. The van der Waals surface area contributed by atoms with Crippen LogP contribution < -0.4 is 0 Å². The molecule has 0 bridgehead atoms. The van der Waals surface area contributed by atoms with E-state index in [0.717, 1.165) is 4.38 Å². The van der Waals surface area contributed by atoms with Gasteiger partial charge in [0.2, 0.25) is 0 Å². The van der Waals surface area contributed by atoms with E-state index in [2.05, 4.69) is 10.2 Å². The zero-order valence-corrected chi connectivity index (χ0v) is 10.2. The average molecular weight is 254 g/mol. The standard InChI is InChI=1S/C10H10N2O2S2/c1-15-10-12-11-8(5-16-10)7-4-6(13)2-3-9(7)14/h2-4,13-14H,5H2,1H3. The lowest BCUT2D eigenvalue weighted by atomic mass is 10.1. The van der Waals surface area contributed by atoms with Gasteiger partial charge in [-0.2, -0.15) is 5.10 Å². The van der Waals surface area contributed by atoms with Crippen LogP contribution in [-0.4, -0.2) is 32.3 Å². The third kappa shape index (κ3) is 2.33. The largest absolute Gasteiger partial charge is 0.508 e. The maximum absolute atomic E-state index is 9.66. The van der Waals surface area contributed by atoms with Gasteiger partial charge in [-0.15, -0.1) is 16.9 Å². The number of hydrogen-bond donors (Lipinski definition) is 2. The third-order valence-corrected chi connectivity index (χ3v) is 4.08. The van der Waals surface area contributed by atoms with Crippen LogP contribution in [0, 0.1) is 0 Å². The van der Waals surface area contributed by atoms with E-state index in [0.29, 0.717) is 17.0 Å². The number of nitrogens with zero attached hydrogens (tertiary/aromatic N) is 2. The number of hydrogen-bond acceptors (Lipinski definition) is 6. The van der Waals surface area contributed by atoms with Crippen molar-refractivity contribution in [3.8, 4) is 11.5 Å². The fourth-order valence-corrected chi connectivity index (χ4v) is 2.62. The second-order valence-corrected chi connectivity index (χ2v) is 5.12. The molecule has 0 amide bonds. The Morgan fingerprint density at radius 2 is 2.12 bits per heavy atom. The monoisotopic (exact) mass is 254 g/mol. The number of benzene rings is 1.